The molecule has 1 aromatic heterocycles. The minimum Gasteiger partial charge on any atom is -0.348 e. The summed E-state index contributed by atoms with van der Waals surface area (Å²) in [4.78, 5) is 24.9. The normalized spacial score (nSPS) is 12.8. The van der Waals surface area contributed by atoms with Gasteiger partial charge in [0.05, 0.1) is 11.4 Å². The van der Waals surface area contributed by atoms with E-state index < -0.39 is 0 Å². The van der Waals surface area contributed by atoms with Crippen molar-refractivity contribution in [1.29, 1.82) is 0 Å². The van der Waals surface area contributed by atoms with Gasteiger partial charge in [-0.1, -0.05) is 54.6 Å². The van der Waals surface area contributed by atoms with Crippen LogP contribution in [0.2, 0.25) is 0 Å². The third kappa shape index (κ3) is 4.85. The Kier molecular flexibility index (Phi) is 5.72. The van der Waals surface area contributed by atoms with Crippen LogP contribution >= 0.6 is 0 Å². The van der Waals surface area contributed by atoms with Crippen molar-refractivity contribution in [3.63, 3.8) is 0 Å². The fourth-order valence-electron chi connectivity index (χ4n) is 3.70. The summed E-state index contributed by atoms with van der Waals surface area (Å²) < 4.78 is 1.83. The van der Waals surface area contributed by atoms with E-state index in [4.69, 9.17) is 5.10 Å². The van der Waals surface area contributed by atoms with Crippen LogP contribution in [-0.2, 0) is 11.3 Å². The first-order valence-corrected chi connectivity index (χ1v) is 11.1. The van der Waals surface area contributed by atoms with Crippen LogP contribution in [0.25, 0.3) is 16.9 Å². The van der Waals surface area contributed by atoms with Crippen molar-refractivity contribution in [2.75, 3.05) is 5.32 Å². The standard InChI is InChI=1S/C27H24N4O2/c32-26(21-10-7-11-23(16-21)29-27(33)20-14-15-20)28-17-22-18-31(24-12-5-2-6-13-24)30-25(22)19-8-3-1-4-9-19/h1-13,16,18,20H,14-15,17H2,(H,28,32)(H,29,33). The van der Waals surface area contributed by atoms with E-state index in [0.717, 1.165) is 35.3 Å². The predicted molar refractivity (Wildman–Crippen MR) is 128 cm³/mol. The lowest BCUT2D eigenvalue weighted by Gasteiger charge is -2.08. The Morgan fingerprint density at radius 2 is 1.64 bits per heavy atom. The van der Waals surface area contributed by atoms with Gasteiger partial charge in [-0.2, -0.15) is 5.10 Å². The van der Waals surface area contributed by atoms with Gasteiger partial charge >= 0.3 is 0 Å². The van der Waals surface area contributed by atoms with Gasteiger partial charge in [-0.05, 0) is 43.2 Å². The smallest absolute Gasteiger partial charge is 0.251 e. The van der Waals surface area contributed by atoms with Crippen molar-refractivity contribution in [2.24, 2.45) is 5.92 Å². The number of benzene rings is 3. The molecule has 3 aromatic carbocycles. The predicted octanol–water partition coefficient (Wildman–Crippen LogP) is 4.82. The molecule has 5 rings (SSSR count). The number of hydrogen-bond donors (Lipinski definition) is 2. The zero-order chi connectivity index (χ0) is 22.6. The van der Waals surface area contributed by atoms with Gasteiger partial charge in [0, 0.05) is 41.0 Å². The maximum absolute atomic E-state index is 12.9. The minimum absolute atomic E-state index is 0.0217. The van der Waals surface area contributed by atoms with Gasteiger partial charge in [0.15, 0.2) is 0 Å². The average Bonchev–Trinajstić information content (AvgIpc) is 3.63. The summed E-state index contributed by atoms with van der Waals surface area (Å²) in [5, 5.41) is 10.7. The highest BCUT2D eigenvalue weighted by Gasteiger charge is 2.29. The highest BCUT2D eigenvalue weighted by atomic mass is 16.2. The van der Waals surface area contributed by atoms with Crippen molar-refractivity contribution in [1.82, 2.24) is 15.1 Å². The van der Waals surface area contributed by atoms with Crippen LogP contribution in [0.15, 0.2) is 91.1 Å². The lowest BCUT2D eigenvalue weighted by molar-refractivity contribution is -0.117. The van der Waals surface area contributed by atoms with Crippen molar-refractivity contribution < 1.29 is 9.59 Å². The third-order valence-electron chi connectivity index (χ3n) is 5.64. The third-order valence-corrected chi connectivity index (χ3v) is 5.64. The molecule has 0 radical (unpaired) electrons. The van der Waals surface area contributed by atoms with Gasteiger partial charge in [-0.25, -0.2) is 4.68 Å². The molecular formula is C27H24N4O2. The number of amides is 2. The van der Waals surface area contributed by atoms with E-state index >= 15 is 0 Å². The summed E-state index contributed by atoms with van der Waals surface area (Å²) in [6.07, 6.45) is 3.82. The first kappa shape index (κ1) is 20.7. The zero-order valence-electron chi connectivity index (χ0n) is 18.1. The molecule has 0 saturated heterocycles. The summed E-state index contributed by atoms with van der Waals surface area (Å²) in [5.41, 5.74) is 4.82. The molecule has 6 nitrogen and oxygen atoms in total. The number of anilines is 1. The van der Waals surface area contributed by atoms with Crippen molar-refractivity contribution >= 4 is 17.5 Å². The van der Waals surface area contributed by atoms with Gasteiger partial charge in [-0.15, -0.1) is 0 Å². The van der Waals surface area contributed by atoms with Crippen molar-refractivity contribution in [3.8, 4) is 16.9 Å². The molecule has 6 heteroatoms. The van der Waals surface area contributed by atoms with E-state index in [0.29, 0.717) is 17.8 Å². The molecule has 2 amide bonds. The fourth-order valence-corrected chi connectivity index (χ4v) is 3.70. The SMILES string of the molecule is O=C(NCc1cn(-c2ccccc2)nc1-c1ccccc1)c1cccc(NC(=O)C2CC2)c1. The molecule has 1 aliphatic rings. The second-order valence-corrected chi connectivity index (χ2v) is 8.18. The first-order valence-electron chi connectivity index (χ1n) is 11.1. The highest BCUT2D eigenvalue weighted by Crippen LogP contribution is 2.30. The molecule has 2 N–H and O–H groups in total. The van der Waals surface area contributed by atoms with E-state index in [-0.39, 0.29) is 17.7 Å². The van der Waals surface area contributed by atoms with E-state index in [9.17, 15) is 9.59 Å². The Bertz CT molecular complexity index is 1280. The number of carbonyl (C=O) groups is 2. The molecule has 1 aliphatic carbocycles. The minimum atomic E-state index is -0.205. The monoisotopic (exact) mass is 436 g/mol. The van der Waals surface area contributed by atoms with Crippen LogP contribution < -0.4 is 10.6 Å². The summed E-state index contributed by atoms with van der Waals surface area (Å²) in [5.74, 6) is -0.0718. The number of rotatable bonds is 7. The quantitative estimate of drug-likeness (QED) is 0.436. The molecule has 0 atom stereocenters. The molecule has 0 bridgehead atoms. The van der Waals surface area contributed by atoms with Gasteiger partial charge in [0.25, 0.3) is 5.91 Å². The van der Waals surface area contributed by atoms with Crippen LogP contribution in [0.4, 0.5) is 5.69 Å². The Morgan fingerprint density at radius 1 is 0.909 bits per heavy atom. The molecular weight excluding hydrogens is 412 g/mol. The lowest BCUT2D eigenvalue weighted by atomic mass is 10.1. The molecule has 1 heterocycles. The lowest BCUT2D eigenvalue weighted by Crippen LogP contribution is -2.23. The van der Waals surface area contributed by atoms with E-state index in [2.05, 4.69) is 10.6 Å². The van der Waals surface area contributed by atoms with Gasteiger partial charge in [0.1, 0.15) is 0 Å². The van der Waals surface area contributed by atoms with Crippen LogP contribution in [0.5, 0.6) is 0 Å². The van der Waals surface area contributed by atoms with E-state index in [1.165, 1.54) is 0 Å². The molecule has 1 fully saturated rings. The maximum Gasteiger partial charge on any atom is 0.251 e. The number of nitrogens with zero attached hydrogens (tertiary/aromatic N) is 2. The number of carbonyl (C=O) groups excluding carboxylic acids is 2. The van der Waals surface area contributed by atoms with Crippen molar-refractivity contribution in [2.45, 2.75) is 19.4 Å². The van der Waals surface area contributed by atoms with Crippen molar-refractivity contribution in [3.05, 3.63) is 102 Å². The molecule has 1 saturated carbocycles. The number of aromatic nitrogens is 2. The summed E-state index contributed by atoms with van der Waals surface area (Å²) in [7, 11) is 0. The molecule has 33 heavy (non-hydrogen) atoms. The van der Waals surface area contributed by atoms with E-state index in [1.54, 1.807) is 24.3 Å². The highest BCUT2D eigenvalue weighted by molar-refractivity contribution is 5.98. The van der Waals surface area contributed by atoms with Crippen LogP contribution in [0.3, 0.4) is 0 Å². The molecule has 0 spiro atoms. The topological polar surface area (TPSA) is 76.0 Å². The Hall–Kier alpha value is -4.19. The average molecular weight is 437 g/mol. The second-order valence-electron chi connectivity index (χ2n) is 8.18. The van der Waals surface area contributed by atoms with Crippen LogP contribution in [0, 0.1) is 5.92 Å². The Labute approximate surface area is 192 Å². The summed E-state index contributed by atoms with van der Waals surface area (Å²) in [6.45, 7) is 0.328. The first-order chi connectivity index (χ1) is 16.2. The largest absolute Gasteiger partial charge is 0.348 e. The van der Waals surface area contributed by atoms with Gasteiger partial charge in [0.2, 0.25) is 5.91 Å². The number of hydrogen-bond acceptors (Lipinski definition) is 3. The summed E-state index contributed by atoms with van der Waals surface area (Å²) in [6, 6.07) is 26.8. The Balaban J connectivity index is 1.35. The zero-order valence-corrected chi connectivity index (χ0v) is 18.1. The second kappa shape index (κ2) is 9.12. The molecule has 4 aromatic rings. The van der Waals surface area contributed by atoms with E-state index in [1.807, 2.05) is 71.5 Å². The molecule has 164 valence electrons. The van der Waals surface area contributed by atoms with Crippen LogP contribution in [0.1, 0.15) is 28.8 Å². The Morgan fingerprint density at radius 3 is 2.36 bits per heavy atom. The van der Waals surface area contributed by atoms with Crippen LogP contribution in [-0.4, -0.2) is 21.6 Å². The van der Waals surface area contributed by atoms with Gasteiger partial charge < -0.3 is 10.6 Å². The fraction of sp³-hybridized carbons (Fsp3) is 0.148. The molecule has 0 aliphatic heterocycles. The van der Waals surface area contributed by atoms with Gasteiger partial charge in [-0.3, -0.25) is 9.59 Å². The maximum atomic E-state index is 12.9. The number of para-hydroxylation sites is 1. The summed E-state index contributed by atoms with van der Waals surface area (Å²) >= 11 is 0. The number of nitrogens with one attached hydrogen (secondary N) is 2. The molecule has 0 unspecified atom stereocenters.